The lowest BCUT2D eigenvalue weighted by Gasteiger charge is -2.32. The van der Waals surface area contributed by atoms with E-state index in [1.54, 1.807) is 12.1 Å². The molecule has 0 saturated heterocycles. The van der Waals surface area contributed by atoms with Crippen LogP contribution >= 0.6 is 0 Å². The van der Waals surface area contributed by atoms with Crippen LogP contribution in [0.5, 0.6) is 11.5 Å². The first-order valence-electron chi connectivity index (χ1n) is 4.76. The van der Waals surface area contributed by atoms with E-state index in [9.17, 15) is 0 Å². The van der Waals surface area contributed by atoms with E-state index in [0.717, 1.165) is 0 Å². The normalized spacial score (nSPS) is 23.2. The van der Waals surface area contributed by atoms with E-state index < -0.39 is 5.79 Å². The van der Waals surface area contributed by atoms with Crippen molar-refractivity contribution in [3.05, 3.63) is 24.3 Å². The number of rotatable bonds is 2. The van der Waals surface area contributed by atoms with Crippen molar-refractivity contribution >= 4 is 0 Å². The molecule has 0 N–H and O–H groups in total. The summed E-state index contributed by atoms with van der Waals surface area (Å²) in [5, 5.41) is 9.02. The maximum absolute atomic E-state index is 9.02. The fraction of sp³-hybridized carbons (Fsp3) is 0.364. The predicted molar refractivity (Wildman–Crippen MR) is 52.5 cm³/mol. The standard InChI is InChI=1S/C11H11NO3/c1-2-14-11(7-12)8-13-9-5-3-4-6-10(9)15-11/h3-6H,2,8H2,1H3. The highest BCUT2D eigenvalue weighted by Crippen LogP contribution is 2.34. The van der Waals surface area contributed by atoms with Crippen molar-refractivity contribution in [1.82, 2.24) is 0 Å². The van der Waals surface area contributed by atoms with E-state index in [2.05, 4.69) is 0 Å². The molecule has 4 heteroatoms. The number of para-hydroxylation sites is 2. The zero-order valence-electron chi connectivity index (χ0n) is 8.40. The predicted octanol–water partition coefficient (Wildman–Crippen LogP) is 1.71. The molecular weight excluding hydrogens is 194 g/mol. The second-order valence-corrected chi connectivity index (χ2v) is 3.14. The van der Waals surface area contributed by atoms with Gasteiger partial charge in [-0.15, -0.1) is 0 Å². The maximum atomic E-state index is 9.02. The van der Waals surface area contributed by atoms with E-state index in [0.29, 0.717) is 18.1 Å². The SMILES string of the molecule is CCOC1(C#N)COc2ccccc2O1. The van der Waals surface area contributed by atoms with Gasteiger partial charge in [-0.2, -0.15) is 5.26 Å². The number of ether oxygens (including phenoxy) is 3. The van der Waals surface area contributed by atoms with Crippen molar-refractivity contribution in [2.45, 2.75) is 12.7 Å². The Hall–Kier alpha value is -1.73. The first-order valence-corrected chi connectivity index (χ1v) is 4.76. The number of fused-ring (bicyclic) bond motifs is 1. The van der Waals surface area contributed by atoms with Crippen LogP contribution in [0.1, 0.15) is 6.92 Å². The maximum Gasteiger partial charge on any atom is 0.335 e. The van der Waals surface area contributed by atoms with Gasteiger partial charge in [0.25, 0.3) is 0 Å². The van der Waals surface area contributed by atoms with Gasteiger partial charge in [-0.05, 0) is 19.1 Å². The lowest BCUT2D eigenvalue weighted by Crippen LogP contribution is -2.46. The van der Waals surface area contributed by atoms with Gasteiger partial charge in [-0.1, -0.05) is 12.1 Å². The molecule has 1 aliphatic heterocycles. The van der Waals surface area contributed by atoms with Gasteiger partial charge in [-0.25, -0.2) is 0 Å². The van der Waals surface area contributed by atoms with Crippen LogP contribution in [-0.2, 0) is 4.74 Å². The third kappa shape index (κ3) is 1.74. The molecule has 0 fully saturated rings. The zero-order chi connectivity index (χ0) is 10.7. The Balaban J connectivity index is 2.28. The van der Waals surface area contributed by atoms with Crippen LogP contribution in [0.15, 0.2) is 24.3 Å². The van der Waals surface area contributed by atoms with Crippen LogP contribution in [0.2, 0.25) is 0 Å². The highest BCUT2D eigenvalue weighted by Gasteiger charge is 2.39. The number of nitrogens with zero attached hydrogens (tertiary/aromatic N) is 1. The Kier molecular flexibility index (Phi) is 2.48. The fourth-order valence-corrected chi connectivity index (χ4v) is 1.43. The Labute approximate surface area is 88.0 Å². The molecule has 0 radical (unpaired) electrons. The van der Waals surface area contributed by atoms with E-state index in [-0.39, 0.29) is 6.61 Å². The molecule has 0 spiro atoms. The van der Waals surface area contributed by atoms with Crippen molar-refractivity contribution in [3.8, 4) is 17.6 Å². The summed E-state index contributed by atoms with van der Waals surface area (Å²) >= 11 is 0. The summed E-state index contributed by atoms with van der Waals surface area (Å²) in [4.78, 5) is 0. The molecule has 0 bridgehead atoms. The second kappa shape index (κ2) is 3.79. The largest absolute Gasteiger partial charge is 0.482 e. The number of hydrogen-bond acceptors (Lipinski definition) is 4. The lowest BCUT2D eigenvalue weighted by atomic mass is 10.2. The minimum atomic E-state index is -1.30. The zero-order valence-corrected chi connectivity index (χ0v) is 8.40. The molecule has 15 heavy (non-hydrogen) atoms. The molecule has 1 atom stereocenters. The van der Waals surface area contributed by atoms with Crippen LogP contribution < -0.4 is 9.47 Å². The number of benzene rings is 1. The third-order valence-corrected chi connectivity index (χ3v) is 2.09. The molecule has 4 nitrogen and oxygen atoms in total. The smallest absolute Gasteiger partial charge is 0.335 e. The summed E-state index contributed by atoms with van der Waals surface area (Å²) in [7, 11) is 0. The summed E-state index contributed by atoms with van der Waals surface area (Å²) in [6, 6.07) is 9.20. The van der Waals surface area contributed by atoms with Crippen LogP contribution in [0.25, 0.3) is 0 Å². The number of hydrogen-bond donors (Lipinski definition) is 0. The van der Waals surface area contributed by atoms with Gasteiger partial charge in [-0.3, -0.25) is 0 Å². The van der Waals surface area contributed by atoms with E-state index in [4.69, 9.17) is 19.5 Å². The minimum Gasteiger partial charge on any atom is -0.482 e. The molecule has 0 amide bonds. The second-order valence-electron chi connectivity index (χ2n) is 3.14. The van der Waals surface area contributed by atoms with Crippen molar-refractivity contribution < 1.29 is 14.2 Å². The molecule has 78 valence electrons. The van der Waals surface area contributed by atoms with E-state index >= 15 is 0 Å². The molecule has 1 heterocycles. The molecule has 0 saturated carbocycles. The third-order valence-electron chi connectivity index (χ3n) is 2.09. The Bertz CT molecular complexity index is 399. The molecule has 0 aromatic heterocycles. The molecular formula is C11H11NO3. The number of nitriles is 1. The Morgan fingerprint density at radius 3 is 2.87 bits per heavy atom. The summed E-state index contributed by atoms with van der Waals surface area (Å²) in [6.07, 6.45) is 0. The first kappa shape index (κ1) is 9.81. The highest BCUT2D eigenvalue weighted by atomic mass is 16.7. The summed E-state index contributed by atoms with van der Waals surface area (Å²) < 4.78 is 16.2. The Morgan fingerprint density at radius 1 is 1.47 bits per heavy atom. The van der Waals surface area contributed by atoms with Crippen molar-refractivity contribution in [2.24, 2.45) is 0 Å². The molecule has 1 aliphatic rings. The van der Waals surface area contributed by atoms with Crippen molar-refractivity contribution in [2.75, 3.05) is 13.2 Å². The monoisotopic (exact) mass is 205 g/mol. The van der Waals surface area contributed by atoms with Gasteiger partial charge in [0.05, 0.1) is 0 Å². The van der Waals surface area contributed by atoms with Gasteiger partial charge >= 0.3 is 5.79 Å². The molecule has 1 unspecified atom stereocenters. The fourth-order valence-electron chi connectivity index (χ4n) is 1.43. The summed E-state index contributed by atoms with van der Waals surface area (Å²) in [5.41, 5.74) is 0. The van der Waals surface area contributed by atoms with Crippen LogP contribution in [0.3, 0.4) is 0 Å². The first-order chi connectivity index (χ1) is 7.29. The molecule has 1 aromatic rings. The average molecular weight is 205 g/mol. The van der Waals surface area contributed by atoms with Crippen LogP contribution in [0, 0.1) is 11.3 Å². The minimum absolute atomic E-state index is 0.0916. The highest BCUT2D eigenvalue weighted by molar-refractivity contribution is 5.41. The van der Waals surface area contributed by atoms with Gasteiger partial charge in [0.15, 0.2) is 18.1 Å². The van der Waals surface area contributed by atoms with E-state index in [1.807, 2.05) is 25.1 Å². The topological polar surface area (TPSA) is 51.5 Å². The van der Waals surface area contributed by atoms with Crippen molar-refractivity contribution in [3.63, 3.8) is 0 Å². The van der Waals surface area contributed by atoms with Crippen LogP contribution in [-0.4, -0.2) is 19.0 Å². The molecule has 0 aliphatic carbocycles. The Morgan fingerprint density at radius 2 is 2.20 bits per heavy atom. The average Bonchev–Trinajstić information content (AvgIpc) is 2.29. The molecule has 1 aromatic carbocycles. The van der Waals surface area contributed by atoms with Gasteiger partial charge in [0, 0.05) is 6.61 Å². The summed E-state index contributed by atoms with van der Waals surface area (Å²) in [5.74, 6) is -0.120. The quantitative estimate of drug-likeness (QED) is 0.737. The molecule has 2 rings (SSSR count). The lowest BCUT2D eigenvalue weighted by molar-refractivity contribution is -0.169. The van der Waals surface area contributed by atoms with Crippen molar-refractivity contribution in [1.29, 1.82) is 5.26 Å². The summed E-state index contributed by atoms with van der Waals surface area (Å²) in [6.45, 7) is 2.30. The van der Waals surface area contributed by atoms with Gasteiger partial charge in [0.2, 0.25) is 0 Å². The van der Waals surface area contributed by atoms with Gasteiger partial charge < -0.3 is 14.2 Å². The van der Waals surface area contributed by atoms with Gasteiger partial charge in [0.1, 0.15) is 6.07 Å². The van der Waals surface area contributed by atoms with Crippen LogP contribution in [0.4, 0.5) is 0 Å². The van der Waals surface area contributed by atoms with E-state index in [1.165, 1.54) is 0 Å².